The highest BCUT2D eigenvalue weighted by molar-refractivity contribution is 7.13. The lowest BCUT2D eigenvalue weighted by atomic mass is 10.1. The highest BCUT2D eigenvalue weighted by Gasteiger charge is 2.21. The number of nitrogens with zero attached hydrogens (tertiary/aromatic N) is 3. The van der Waals surface area contributed by atoms with Crippen molar-refractivity contribution in [2.45, 2.75) is 13.5 Å². The van der Waals surface area contributed by atoms with E-state index >= 15 is 0 Å². The molecule has 0 aliphatic carbocycles. The molecule has 0 fully saturated rings. The molecule has 5 rings (SSSR count). The minimum atomic E-state index is -0.504. The second-order valence-electron chi connectivity index (χ2n) is 6.57. The number of hydrogen-bond donors (Lipinski definition) is 0. The highest BCUT2D eigenvalue weighted by Crippen LogP contribution is 2.30. The molecule has 4 aromatic heterocycles. The van der Waals surface area contributed by atoms with Crippen LogP contribution in [0.3, 0.4) is 0 Å². The Balaban J connectivity index is 1.41. The van der Waals surface area contributed by atoms with Gasteiger partial charge < -0.3 is 13.7 Å². The van der Waals surface area contributed by atoms with Crippen LogP contribution in [0.5, 0.6) is 0 Å². The van der Waals surface area contributed by atoms with Crippen LogP contribution in [0.2, 0.25) is 0 Å². The summed E-state index contributed by atoms with van der Waals surface area (Å²) < 4.78 is 16.3. The standard InChI is InChI=1S/C22H15N3O4S/c1-13-19-16(10-17(18-8-5-9-30-18)24-21(19)29-25-13)22(26)28-12-15-11-27-20(23-15)14-6-3-2-4-7-14/h2-11H,12H2,1H3. The van der Waals surface area contributed by atoms with Gasteiger partial charge >= 0.3 is 5.97 Å². The summed E-state index contributed by atoms with van der Waals surface area (Å²) in [4.78, 5) is 22.7. The van der Waals surface area contributed by atoms with Gasteiger partial charge in [0, 0.05) is 5.56 Å². The molecular formula is C22H15N3O4S. The number of ether oxygens (including phenoxy) is 1. The molecular weight excluding hydrogens is 402 g/mol. The first-order chi connectivity index (χ1) is 14.7. The number of aryl methyl sites for hydroxylation is 1. The summed E-state index contributed by atoms with van der Waals surface area (Å²) in [5.74, 6) is -0.0291. The van der Waals surface area contributed by atoms with Gasteiger partial charge in [0.2, 0.25) is 5.89 Å². The average Bonchev–Trinajstić information content (AvgIpc) is 3.54. The van der Waals surface area contributed by atoms with Crippen LogP contribution in [0, 0.1) is 6.92 Å². The zero-order valence-corrected chi connectivity index (χ0v) is 16.7. The maximum atomic E-state index is 12.9. The molecule has 0 bridgehead atoms. The third-order valence-electron chi connectivity index (χ3n) is 4.53. The summed E-state index contributed by atoms with van der Waals surface area (Å²) in [6.07, 6.45) is 1.49. The molecule has 4 heterocycles. The SMILES string of the molecule is Cc1noc2nc(-c3cccs3)cc(C(=O)OCc3coc(-c4ccccc4)n3)c12. The summed E-state index contributed by atoms with van der Waals surface area (Å²) in [7, 11) is 0. The normalized spacial score (nSPS) is 11.1. The first-order valence-corrected chi connectivity index (χ1v) is 10.0. The summed E-state index contributed by atoms with van der Waals surface area (Å²) in [6.45, 7) is 1.75. The lowest BCUT2D eigenvalue weighted by molar-refractivity contribution is 0.0470. The van der Waals surface area contributed by atoms with Gasteiger partial charge in [0.05, 0.1) is 27.2 Å². The van der Waals surface area contributed by atoms with Crippen LogP contribution >= 0.6 is 11.3 Å². The summed E-state index contributed by atoms with van der Waals surface area (Å²) in [6, 6.07) is 15.1. The van der Waals surface area contributed by atoms with Crippen LogP contribution < -0.4 is 0 Å². The van der Waals surface area contributed by atoms with E-state index in [1.807, 2.05) is 47.8 Å². The molecule has 0 unspecified atom stereocenters. The first-order valence-electron chi connectivity index (χ1n) is 9.17. The molecule has 0 saturated heterocycles. The van der Waals surface area contributed by atoms with Gasteiger partial charge in [0.25, 0.3) is 5.71 Å². The molecule has 1 aromatic carbocycles. The van der Waals surface area contributed by atoms with Gasteiger partial charge in [-0.2, -0.15) is 0 Å². The summed E-state index contributed by atoms with van der Waals surface area (Å²) in [5.41, 5.74) is 3.25. The number of rotatable bonds is 5. The van der Waals surface area contributed by atoms with E-state index in [0.29, 0.717) is 39.6 Å². The molecule has 0 aliphatic rings. The van der Waals surface area contributed by atoms with E-state index in [2.05, 4.69) is 15.1 Å². The van der Waals surface area contributed by atoms with E-state index < -0.39 is 5.97 Å². The van der Waals surface area contributed by atoms with Crippen LogP contribution in [0.1, 0.15) is 21.7 Å². The molecule has 0 amide bonds. The molecule has 0 radical (unpaired) electrons. The van der Waals surface area contributed by atoms with E-state index in [9.17, 15) is 4.79 Å². The smallest absolute Gasteiger partial charge is 0.339 e. The lowest BCUT2D eigenvalue weighted by Crippen LogP contribution is -2.07. The molecule has 0 aliphatic heterocycles. The van der Waals surface area contributed by atoms with Gasteiger partial charge in [-0.15, -0.1) is 11.3 Å². The van der Waals surface area contributed by atoms with E-state index in [1.165, 1.54) is 17.6 Å². The van der Waals surface area contributed by atoms with E-state index in [0.717, 1.165) is 10.4 Å². The third kappa shape index (κ3) is 3.37. The second kappa shape index (κ2) is 7.57. The number of hydrogen-bond acceptors (Lipinski definition) is 8. The van der Waals surface area contributed by atoms with Gasteiger partial charge in [-0.05, 0) is 36.6 Å². The van der Waals surface area contributed by atoms with Crippen molar-refractivity contribution in [3.05, 3.63) is 77.1 Å². The number of oxazole rings is 1. The zero-order valence-electron chi connectivity index (χ0n) is 15.9. The predicted octanol–water partition coefficient (Wildman–Crippen LogP) is 5.27. The van der Waals surface area contributed by atoms with Crippen molar-refractivity contribution >= 4 is 28.4 Å². The Labute approximate surface area is 174 Å². The maximum absolute atomic E-state index is 12.9. The quantitative estimate of drug-likeness (QED) is 0.360. The first kappa shape index (κ1) is 18.3. The zero-order chi connectivity index (χ0) is 20.5. The number of fused-ring (bicyclic) bond motifs is 1. The number of carbonyl (C=O) groups excluding carboxylic acids is 1. The number of pyridine rings is 1. The van der Waals surface area contributed by atoms with Gasteiger partial charge in [0.1, 0.15) is 18.6 Å². The largest absolute Gasteiger partial charge is 0.455 e. The fourth-order valence-corrected chi connectivity index (χ4v) is 3.80. The van der Waals surface area contributed by atoms with Crippen molar-refractivity contribution in [1.82, 2.24) is 15.1 Å². The van der Waals surface area contributed by atoms with Crippen molar-refractivity contribution < 1.29 is 18.5 Å². The summed E-state index contributed by atoms with van der Waals surface area (Å²) >= 11 is 1.52. The second-order valence-corrected chi connectivity index (χ2v) is 7.51. The van der Waals surface area contributed by atoms with Crippen molar-refractivity contribution in [2.75, 3.05) is 0 Å². The van der Waals surface area contributed by atoms with Gasteiger partial charge in [-0.1, -0.05) is 29.4 Å². The Morgan fingerprint density at radius 3 is 2.80 bits per heavy atom. The molecule has 148 valence electrons. The minimum absolute atomic E-state index is 0.0162. The van der Waals surface area contributed by atoms with Crippen LogP contribution in [0.4, 0.5) is 0 Å². The topological polar surface area (TPSA) is 91.2 Å². The Kier molecular flexibility index (Phi) is 4.61. The van der Waals surface area contributed by atoms with Gasteiger partial charge in [-0.25, -0.2) is 14.8 Å². The Morgan fingerprint density at radius 1 is 1.13 bits per heavy atom. The minimum Gasteiger partial charge on any atom is -0.455 e. The van der Waals surface area contributed by atoms with E-state index in [1.54, 1.807) is 13.0 Å². The van der Waals surface area contributed by atoms with Crippen LogP contribution in [0.25, 0.3) is 33.1 Å². The molecule has 0 spiro atoms. The fraction of sp³-hybridized carbons (Fsp3) is 0.0909. The number of esters is 1. The predicted molar refractivity (Wildman–Crippen MR) is 111 cm³/mol. The average molecular weight is 417 g/mol. The van der Waals surface area contributed by atoms with E-state index in [-0.39, 0.29) is 6.61 Å². The highest BCUT2D eigenvalue weighted by atomic mass is 32.1. The Bertz CT molecular complexity index is 1320. The molecule has 5 aromatic rings. The van der Waals surface area contributed by atoms with Crippen molar-refractivity contribution in [2.24, 2.45) is 0 Å². The Hall–Kier alpha value is -3.78. The Morgan fingerprint density at radius 2 is 2.00 bits per heavy atom. The molecule has 0 saturated carbocycles. The van der Waals surface area contributed by atoms with Crippen molar-refractivity contribution in [3.63, 3.8) is 0 Å². The maximum Gasteiger partial charge on any atom is 0.339 e. The fourth-order valence-electron chi connectivity index (χ4n) is 3.11. The molecule has 8 heteroatoms. The monoisotopic (exact) mass is 417 g/mol. The summed E-state index contributed by atoms with van der Waals surface area (Å²) in [5, 5.41) is 6.44. The number of carbonyl (C=O) groups is 1. The number of thiophene rings is 1. The van der Waals surface area contributed by atoms with Crippen molar-refractivity contribution in [3.8, 4) is 22.0 Å². The van der Waals surface area contributed by atoms with Gasteiger partial charge in [-0.3, -0.25) is 0 Å². The van der Waals surface area contributed by atoms with Crippen LogP contribution in [0.15, 0.2) is 69.1 Å². The molecule has 0 atom stereocenters. The number of aromatic nitrogens is 3. The van der Waals surface area contributed by atoms with Gasteiger partial charge in [0.15, 0.2) is 0 Å². The lowest BCUT2D eigenvalue weighted by Gasteiger charge is -2.06. The molecule has 7 nitrogen and oxygen atoms in total. The van der Waals surface area contributed by atoms with E-state index in [4.69, 9.17) is 13.7 Å². The third-order valence-corrected chi connectivity index (χ3v) is 5.43. The molecule has 30 heavy (non-hydrogen) atoms. The van der Waals surface area contributed by atoms with Crippen molar-refractivity contribution in [1.29, 1.82) is 0 Å². The number of benzene rings is 1. The van der Waals surface area contributed by atoms with Crippen LogP contribution in [-0.2, 0) is 11.3 Å². The van der Waals surface area contributed by atoms with Crippen LogP contribution in [-0.4, -0.2) is 21.1 Å². The molecule has 0 N–H and O–H groups in total.